The molecule has 3 heteroatoms. The third kappa shape index (κ3) is 3.38. The summed E-state index contributed by atoms with van der Waals surface area (Å²) in [6, 6.07) is 6.11. The highest BCUT2D eigenvalue weighted by atomic mass is 79.9. The third-order valence-corrected chi connectivity index (χ3v) is 4.46. The Hall–Kier alpha value is -0.700. The summed E-state index contributed by atoms with van der Waals surface area (Å²) in [6.07, 6.45) is 2.33. The smallest absolute Gasteiger partial charge is 0.161 e. The molecule has 0 fully saturated rings. The van der Waals surface area contributed by atoms with E-state index in [0.29, 0.717) is 10.7 Å². The summed E-state index contributed by atoms with van der Waals surface area (Å²) in [5.74, 6) is 2.22. The number of halogens is 1. The lowest BCUT2D eigenvalue weighted by atomic mass is 9.94. The Morgan fingerprint density at radius 1 is 1.06 bits per heavy atom. The van der Waals surface area contributed by atoms with E-state index in [1.807, 2.05) is 6.07 Å². The first-order chi connectivity index (χ1) is 8.17. The average molecular weight is 301 g/mol. The number of benzene rings is 1. The molecule has 0 saturated carbocycles. The highest BCUT2D eigenvalue weighted by Crippen LogP contribution is 2.38. The van der Waals surface area contributed by atoms with Crippen LogP contribution in [0, 0.1) is 5.92 Å². The zero-order valence-corrected chi connectivity index (χ0v) is 12.6. The summed E-state index contributed by atoms with van der Waals surface area (Å²) in [4.78, 5) is 0.373. The van der Waals surface area contributed by atoms with Gasteiger partial charge in [-0.3, -0.25) is 0 Å². The fourth-order valence-corrected chi connectivity index (χ4v) is 3.03. The molecule has 1 aromatic rings. The van der Waals surface area contributed by atoms with Crippen LogP contribution >= 0.6 is 15.9 Å². The van der Waals surface area contributed by atoms with Crippen molar-refractivity contribution in [2.45, 2.75) is 31.5 Å². The van der Waals surface area contributed by atoms with Gasteiger partial charge in [-0.1, -0.05) is 48.7 Å². The minimum Gasteiger partial charge on any atom is -0.493 e. The van der Waals surface area contributed by atoms with Gasteiger partial charge in [0.1, 0.15) is 0 Å². The van der Waals surface area contributed by atoms with E-state index in [9.17, 15) is 0 Å². The Morgan fingerprint density at radius 3 is 2.12 bits per heavy atom. The Bertz CT molecular complexity index is 348. The molecule has 1 unspecified atom stereocenters. The summed E-state index contributed by atoms with van der Waals surface area (Å²) in [7, 11) is 3.33. The molecule has 0 heterocycles. The molecule has 0 N–H and O–H groups in total. The standard InChI is InChI=1S/C14H21BrO2/c1-5-10(6-2)14(15)11-7-8-12(16-3)13(9-11)17-4/h7-10,14H,5-6H2,1-4H3. The molecule has 0 amide bonds. The van der Waals surface area contributed by atoms with Gasteiger partial charge < -0.3 is 9.47 Å². The van der Waals surface area contributed by atoms with E-state index in [-0.39, 0.29) is 0 Å². The van der Waals surface area contributed by atoms with Crippen molar-refractivity contribution in [1.29, 1.82) is 0 Å². The molecule has 96 valence electrons. The van der Waals surface area contributed by atoms with Crippen LogP contribution in [0.25, 0.3) is 0 Å². The lowest BCUT2D eigenvalue weighted by molar-refractivity contribution is 0.354. The van der Waals surface area contributed by atoms with Gasteiger partial charge in [-0.2, -0.15) is 0 Å². The highest BCUT2D eigenvalue weighted by molar-refractivity contribution is 9.09. The van der Waals surface area contributed by atoms with Crippen LogP contribution in [0.2, 0.25) is 0 Å². The third-order valence-electron chi connectivity index (χ3n) is 3.19. The van der Waals surface area contributed by atoms with Crippen LogP contribution in [0.1, 0.15) is 37.1 Å². The molecule has 0 aromatic heterocycles. The van der Waals surface area contributed by atoms with Crippen LogP contribution < -0.4 is 9.47 Å². The highest BCUT2D eigenvalue weighted by Gasteiger charge is 2.18. The monoisotopic (exact) mass is 300 g/mol. The Balaban J connectivity index is 2.98. The molecule has 1 aromatic carbocycles. The van der Waals surface area contributed by atoms with Crippen molar-refractivity contribution in [2.24, 2.45) is 5.92 Å². The van der Waals surface area contributed by atoms with Crippen LogP contribution in [0.5, 0.6) is 11.5 Å². The molecule has 0 radical (unpaired) electrons. The van der Waals surface area contributed by atoms with Gasteiger partial charge >= 0.3 is 0 Å². The van der Waals surface area contributed by atoms with Gasteiger partial charge in [0, 0.05) is 4.83 Å². The Labute approximate surface area is 112 Å². The molecule has 0 spiro atoms. The van der Waals surface area contributed by atoms with Crippen molar-refractivity contribution < 1.29 is 9.47 Å². The summed E-state index contributed by atoms with van der Waals surface area (Å²) < 4.78 is 10.6. The maximum Gasteiger partial charge on any atom is 0.161 e. The molecule has 1 rings (SSSR count). The number of methoxy groups -OCH3 is 2. The van der Waals surface area contributed by atoms with Crippen LogP contribution in [0.3, 0.4) is 0 Å². The van der Waals surface area contributed by atoms with Crippen molar-refractivity contribution in [3.8, 4) is 11.5 Å². The predicted molar refractivity (Wildman–Crippen MR) is 75.3 cm³/mol. The van der Waals surface area contributed by atoms with E-state index in [1.54, 1.807) is 14.2 Å². The molecular weight excluding hydrogens is 280 g/mol. The lowest BCUT2D eigenvalue weighted by Gasteiger charge is -2.21. The molecule has 0 bridgehead atoms. The summed E-state index contributed by atoms with van der Waals surface area (Å²) in [5, 5.41) is 0. The van der Waals surface area contributed by atoms with Crippen molar-refractivity contribution in [3.05, 3.63) is 23.8 Å². The van der Waals surface area contributed by atoms with E-state index < -0.39 is 0 Å². The van der Waals surface area contributed by atoms with E-state index in [0.717, 1.165) is 11.5 Å². The lowest BCUT2D eigenvalue weighted by Crippen LogP contribution is -2.05. The zero-order valence-electron chi connectivity index (χ0n) is 11.0. The van der Waals surface area contributed by atoms with Gasteiger partial charge in [0.15, 0.2) is 11.5 Å². The van der Waals surface area contributed by atoms with Crippen LogP contribution in [-0.4, -0.2) is 14.2 Å². The average Bonchev–Trinajstić information content (AvgIpc) is 2.39. The van der Waals surface area contributed by atoms with Crippen LogP contribution in [0.4, 0.5) is 0 Å². The first-order valence-corrected chi connectivity index (χ1v) is 6.95. The fourth-order valence-electron chi connectivity index (χ4n) is 2.00. The van der Waals surface area contributed by atoms with Gasteiger partial charge in [0.05, 0.1) is 14.2 Å². The minimum atomic E-state index is 0.373. The van der Waals surface area contributed by atoms with Crippen LogP contribution in [-0.2, 0) is 0 Å². The molecule has 0 aliphatic rings. The maximum absolute atomic E-state index is 5.33. The van der Waals surface area contributed by atoms with E-state index >= 15 is 0 Å². The van der Waals surface area contributed by atoms with Gasteiger partial charge in [0.2, 0.25) is 0 Å². The van der Waals surface area contributed by atoms with Gasteiger partial charge in [-0.05, 0) is 23.6 Å². The SMILES string of the molecule is CCC(CC)C(Br)c1ccc(OC)c(OC)c1. The van der Waals surface area contributed by atoms with Crippen molar-refractivity contribution in [2.75, 3.05) is 14.2 Å². The molecule has 2 nitrogen and oxygen atoms in total. The zero-order chi connectivity index (χ0) is 12.8. The van der Waals surface area contributed by atoms with E-state index in [2.05, 4.69) is 41.9 Å². The molecule has 0 saturated heterocycles. The normalized spacial score (nSPS) is 12.6. The second-order valence-electron chi connectivity index (χ2n) is 4.09. The fraction of sp³-hybridized carbons (Fsp3) is 0.571. The second kappa shape index (κ2) is 6.90. The van der Waals surface area contributed by atoms with E-state index in [4.69, 9.17) is 9.47 Å². The number of ether oxygens (including phenoxy) is 2. The quantitative estimate of drug-likeness (QED) is 0.716. The van der Waals surface area contributed by atoms with E-state index in [1.165, 1.54) is 18.4 Å². The topological polar surface area (TPSA) is 18.5 Å². The van der Waals surface area contributed by atoms with Crippen molar-refractivity contribution >= 4 is 15.9 Å². The molecule has 17 heavy (non-hydrogen) atoms. The molecule has 0 aliphatic carbocycles. The molecular formula is C14H21BrO2. The van der Waals surface area contributed by atoms with Crippen LogP contribution in [0.15, 0.2) is 18.2 Å². The maximum atomic E-state index is 5.33. The molecule has 1 atom stereocenters. The second-order valence-corrected chi connectivity index (χ2v) is 5.08. The number of hydrogen-bond donors (Lipinski definition) is 0. The predicted octanol–water partition coefficient (Wildman–Crippen LogP) is 4.58. The molecule has 0 aliphatic heterocycles. The number of hydrogen-bond acceptors (Lipinski definition) is 2. The summed E-state index contributed by atoms with van der Waals surface area (Å²) in [5.41, 5.74) is 1.25. The first-order valence-electron chi connectivity index (χ1n) is 6.03. The Morgan fingerprint density at radius 2 is 1.65 bits per heavy atom. The summed E-state index contributed by atoms with van der Waals surface area (Å²) >= 11 is 3.79. The van der Waals surface area contributed by atoms with Gasteiger partial charge in [-0.15, -0.1) is 0 Å². The van der Waals surface area contributed by atoms with Gasteiger partial charge in [-0.25, -0.2) is 0 Å². The summed E-state index contributed by atoms with van der Waals surface area (Å²) in [6.45, 7) is 4.45. The first kappa shape index (κ1) is 14.4. The number of alkyl halides is 1. The van der Waals surface area contributed by atoms with Crippen molar-refractivity contribution in [1.82, 2.24) is 0 Å². The largest absolute Gasteiger partial charge is 0.493 e. The van der Waals surface area contributed by atoms with Crippen molar-refractivity contribution in [3.63, 3.8) is 0 Å². The minimum absolute atomic E-state index is 0.373. The van der Waals surface area contributed by atoms with Gasteiger partial charge in [0.25, 0.3) is 0 Å². The number of rotatable bonds is 6. The Kier molecular flexibility index (Phi) is 5.83.